The fraction of sp³-hybridized carbons (Fsp3) is 0.0909. The first-order valence-corrected chi connectivity index (χ1v) is 4.66. The molecule has 68 valence electrons. The highest BCUT2D eigenvalue weighted by Crippen LogP contribution is 2.18. The molecule has 0 saturated carbocycles. The molecule has 0 amide bonds. The van der Waals surface area contributed by atoms with Crippen LogP contribution in [0, 0.1) is 0 Å². The molecule has 0 aromatic heterocycles. The summed E-state index contributed by atoms with van der Waals surface area (Å²) < 4.78 is 5.19. The summed E-state index contributed by atoms with van der Waals surface area (Å²) in [6.07, 6.45) is 0. The zero-order chi connectivity index (χ0) is 9.54. The Labute approximate surface area is 82.3 Å². The first-order valence-electron chi connectivity index (χ1n) is 4.66. The summed E-state index contributed by atoms with van der Waals surface area (Å²) >= 11 is 0. The van der Waals surface area contributed by atoms with Gasteiger partial charge < -0.3 is 9.68 Å². The van der Waals surface area contributed by atoms with Crippen LogP contribution in [0.3, 0.4) is 0 Å². The number of benzene rings is 2. The van der Waals surface area contributed by atoms with Crippen LogP contribution in [-0.4, -0.2) is 12.1 Å². The Morgan fingerprint density at radius 3 is 2.93 bits per heavy atom. The van der Waals surface area contributed by atoms with Gasteiger partial charge in [-0.15, -0.1) is 0 Å². The zero-order valence-electron chi connectivity index (χ0n) is 7.60. The van der Waals surface area contributed by atoms with Gasteiger partial charge in [-0.05, 0) is 21.8 Å². The van der Waals surface area contributed by atoms with E-state index < -0.39 is 7.12 Å². The number of rotatable bonds is 0. The average molecular weight is 184 g/mol. The summed E-state index contributed by atoms with van der Waals surface area (Å²) in [6, 6.07) is 12.1. The van der Waals surface area contributed by atoms with Crippen molar-refractivity contribution in [3.63, 3.8) is 0 Å². The molecule has 2 nitrogen and oxygen atoms in total. The van der Waals surface area contributed by atoms with E-state index in [4.69, 9.17) is 4.65 Å². The van der Waals surface area contributed by atoms with Gasteiger partial charge in [0.2, 0.25) is 0 Å². The van der Waals surface area contributed by atoms with Gasteiger partial charge in [-0.25, -0.2) is 0 Å². The third kappa shape index (κ3) is 0.998. The summed E-state index contributed by atoms with van der Waals surface area (Å²) in [5, 5.41) is 11.9. The molecule has 2 aromatic rings. The van der Waals surface area contributed by atoms with Crippen LogP contribution in [-0.2, 0) is 11.3 Å². The normalized spacial score (nSPS) is 14.8. The highest BCUT2D eigenvalue weighted by molar-refractivity contribution is 6.64. The zero-order valence-corrected chi connectivity index (χ0v) is 7.60. The van der Waals surface area contributed by atoms with Crippen LogP contribution in [0.5, 0.6) is 0 Å². The van der Waals surface area contributed by atoms with Crippen molar-refractivity contribution in [1.82, 2.24) is 0 Å². The Morgan fingerprint density at radius 2 is 2.00 bits per heavy atom. The number of hydrogen-bond acceptors (Lipinski definition) is 2. The molecule has 1 aliphatic heterocycles. The molecule has 1 aliphatic rings. The largest absolute Gasteiger partial charge is 0.492 e. The highest BCUT2D eigenvalue weighted by atomic mass is 16.5. The third-order valence-electron chi connectivity index (χ3n) is 2.70. The maximum absolute atomic E-state index is 9.66. The summed E-state index contributed by atoms with van der Waals surface area (Å²) in [6.45, 7) is 0.515. The van der Waals surface area contributed by atoms with Crippen LogP contribution in [0.4, 0.5) is 0 Å². The van der Waals surface area contributed by atoms with E-state index in [2.05, 4.69) is 6.07 Å². The number of hydrogen-bond donors (Lipinski definition) is 1. The van der Waals surface area contributed by atoms with Crippen molar-refractivity contribution in [2.75, 3.05) is 0 Å². The maximum atomic E-state index is 9.66. The fourth-order valence-electron chi connectivity index (χ4n) is 2.01. The molecule has 3 rings (SSSR count). The minimum Gasteiger partial charge on any atom is -0.423 e. The molecule has 0 bridgehead atoms. The lowest BCUT2D eigenvalue weighted by Crippen LogP contribution is -2.28. The molecule has 2 aromatic carbocycles. The standard InChI is InChI=1S/C11H9BO2/c13-12-11-9(7-14-12)6-5-8-3-1-2-4-10(8)11/h1-6,13H,7H2. The molecule has 0 radical (unpaired) electrons. The third-order valence-corrected chi connectivity index (χ3v) is 2.70. The topological polar surface area (TPSA) is 29.5 Å². The van der Waals surface area contributed by atoms with E-state index >= 15 is 0 Å². The lowest BCUT2D eigenvalue weighted by molar-refractivity contribution is 0.275. The minimum atomic E-state index is -0.754. The van der Waals surface area contributed by atoms with Gasteiger partial charge in [0.05, 0.1) is 6.61 Å². The smallest absolute Gasteiger partial charge is 0.423 e. The molecule has 1 N–H and O–H groups in total. The predicted molar refractivity (Wildman–Crippen MR) is 56.3 cm³/mol. The van der Waals surface area contributed by atoms with E-state index in [-0.39, 0.29) is 0 Å². The molecule has 0 saturated heterocycles. The van der Waals surface area contributed by atoms with Crippen molar-refractivity contribution in [3.8, 4) is 0 Å². The molecule has 3 heteroatoms. The molecule has 1 heterocycles. The van der Waals surface area contributed by atoms with Gasteiger partial charge in [0, 0.05) is 0 Å². The maximum Gasteiger partial charge on any atom is 0.492 e. The van der Waals surface area contributed by atoms with Gasteiger partial charge in [0.25, 0.3) is 0 Å². The van der Waals surface area contributed by atoms with Gasteiger partial charge in [-0.1, -0.05) is 36.4 Å². The Balaban J connectivity index is 2.41. The minimum absolute atomic E-state index is 0.515. The average Bonchev–Trinajstić information content (AvgIpc) is 2.61. The summed E-state index contributed by atoms with van der Waals surface area (Å²) in [4.78, 5) is 0. The van der Waals surface area contributed by atoms with Crippen LogP contribution in [0.1, 0.15) is 5.56 Å². The van der Waals surface area contributed by atoms with E-state index in [1.807, 2.05) is 30.3 Å². The van der Waals surface area contributed by atoms with E-state index in [1.165, 1.54) is 0 Å². The Hall–Kier alpha value is -1.32. The second-order valence-corrected chi connectivity index (χ2v) is 3.52. The summed E-state index contributed by atoms with van der Waals surface area (Å²) in [7, 11) is -0.754. The second-order valence-electron chi connectivity index (χ2n) is 3.52. The van der Waals surface area contributed by atoms with Crippen LogP contribution in [0.15, 0.2) is 36.4 Å². The highest BCUT2D eigenvalue weighted by Gasteiger charge is 2.28. The van der Waals surface area contributed by atoms with Crippen LogP contribution in [0.2, 0.25) is 0 Å². The van der Waals surface area contributed by atoms with Crippen LogP contribution in [0.25, 0.3) is 10.8 Å². The van der Waals surface area contributed by atoms with Crippen molar-refractivity contribution in [1.29, 1.82) is 0 Å². The summed E-state index contributed by atoms with van der Waals surface area (Å²) in [5.41, 5.74) is 2.03. The number of fused-ring (bicyclic) bond motifs is 3. The first kappa shape index (κ1) is 8.03. The molecule has 0 atom stereocenters. The van der Waals surface area contributed by atoms with Crippen LogP contribution >= 0.6 is 0 Å². The predicted octanol–water partition coefficient (Wildman–Crippen LogP) is 1.06. The molecular formula is C11H9BO2. The fourth-order valence-corrected chi connectivity index (χ4v) is 2.01. The van der Waals surface area contributed by atoms with E-state index in [0.717, 1.165) is 21.8 Å². The van der Waals surface area contributed by atoms with Crippen molar-refractivity contribution in [3.05, 3.63) is 42.0 Å². The van der Waals surface area contributed by atoms with E-state index in [1.54, 1.807) is 0 Å². The SMILES string of the molecule is OB1OCc2ccc3ccccc3c21. The molecule has 0 aliphatic carbocycles. The van der Waals surface area contributed by atoms with Crippen LogP contribution < -0.4 is 5.46 Å². The van der Waals surface area contributed by atoms with E-state index in [9.17, 15) is 5.02 Å². The molecule has 0 fully saturated rings. The van der Waals surface area contributed by atoms with Gasteiger partial charge >= 0.3 is 7.12 Å². The van der Waals surface area contributed by atoms with Gasteiger partial charge in [0.15, 0.2) is 0 Å². The Kier molecular flexibility index (Phi) is 1.63. The summed E-state index contributed by atoms with van der Waals surface area (Å²) in [5.74, 6) is 0. The van der Waals surface area contributed by atoms with Gasteiger partial charge in [0.1, 0.15) is 0 Å². The Bertz CT molecular complexity index is 496. The first-order chi connectivity index (χ1) is 6.86. The Morgan fingerprint density at radius 1 is 1.14 bits per heavy atom. The molecule has 14 heavy (non-hydrogen) atoms. The van der Waals surface area contributed by atoms with Crippen molar-refractivity contribution >= 4 is 23.4 Å². The lowest BCUT2D eigenvalue weighted by Gasteiger charge is -2.03. The van der Waals surface area contributed by atoms with Crippen molar-refractivity contribution < 1.29 is 9.68 Å². The van der Waals surface area contributed by atoms with Gasteiger partial charge in [-0.3, -0.25) is 0 Å². The van der Waals surface area contributed by atoms with Crippen molar-refractivity contribution in [2.24, 2.45) is 0 Å². The molecular weight excluding hydrogens is 175 g/mol. The quantitative estimate of drug-likeness (QED) is 0.620. The monoisotopic (exact) mass is 184 g/mol. The second kappa shape index (κ2) is 2.84. The van der Waals surface area contributed by atoms with Gasteiger partial charge in [-0.2, -0.15) is 0 Å². The molecule has 0 unspecified atom stereocenters. The van der Waals surface area contributed by atoms with Crippen molar-refractivity contribution in [2.45, 2.75) is 6.61 Å². The van der Waals surface area contributed by atoms with E-state index in [0.29, 0.717) is 6.61 Å². The molecule has 0 spiro atoms. The lowest BCUT2D eigenvalue weighted by atomic mass is 9.76.